The van der Waals surface area contributed by atoms with Crippen molar-refractivity contribution in [3.05, 3.63) is 65.2 Å². The van der Waals surface area contributed by atoms with Gasteiger partial charge < -0.3 is 15.5 Å². The van der Waals surface area contributed by atoms with E-state index < -0.39 is 5.92 Å². The molecular formula is C22H27N3O2. The Hall–Kier alpha value is -2.66. The van der Waals surface area contributed by atoms with Crippen molar-refractivity contribution in [3.63, 3.8) is 0 Å². The maximum atomic E-state index is 12.9. The number of hydrogen-bond donors (Lipinski definition) is 2. The Bertz CT molecular complexity index is 815. The molecule has 1 heterocycles. The highest BCUT2D eigenvalue weighted by atomic mass is 16.2. The third-order valence-corrected chi connectivity index (χ3v) is 5.18. The second kappa shape index (κ2) is 8.35. The zero-order valence-corrected chi connectivity index (χ0v) is 16.2. The summed E-state index contributed by atoms with van der Waals surface area (Å²) >= 11 is 0. The molecular weight excluding hydrogens is 338 g/mol. The van der Waals surface area contributed by atoms with E-state index in [4.69, 9.17) is 0 Å². The van der Waals surface area contributed by atoms with E-state index in [0.717, 1.165) is 17.7 Å². The van der Waals surface area contributed by atoms with E-state index in [0.29, 0.717) is 6.54 Å². The molecule has 1 aliphatic heterocycles. The summed E-state index contributed by atoms with van der Waals surface area (Å²) in [7, 11) is 4.02. The highest BCUT2D eigenvalue weighted by Gasteiger charge is 2.30. The van der Waals surface area contributed by atoms with Gasteiger partial charge in [-0.05, 0) is 43.3 Å². The molecule has 5 nitrogen and oxygen atoms in total. The highest BCUT2D eigenvalue weighted by Crippen LogP contribution is 2.32. The quantitative estimate of drug-likeness (QED) is 0.827. The standard InChI is InChI=1S/C22H27N3O2/c1-4-15-9-11-16(12-10-15)20(25(2)3)14-23-22(27)18-13-21(26)24-19-8-6-5-7-17(18)19/h5-12,18,20H,4,13-14H2,1-3H3,(H,23,27)(H,24,26). The van der Waals surface area contributed by atoms with Gasteiger partial charge in [-0.3, -0.25) is 9.59 Å². The van der Waals surface area contributed by atoms with Crippen molar-refractivity contribution in [1.82, 2.24) is 10.2 Å². The molecule has 0 aromatic heterocycles. The van der Waals surface area contributed by atoms with Gasteiger partial charge in [0.05, 0.1) is 12.0 Å². The summed E-state index contributed by atoms with van der Waals surface area (Å²) in [5.41, 5.74) is 4.07. The summed E-state index contributed by atoms with van der Waals surface area (Å²) in [5.74, 6) is -0.664. The molecule has 0 aliphatic carbocycles. The molecule has 0 spiro atoms. The molecule has 142 valence electrons. The average molecular weight is 365 g/mol. The number of amides is 2. The van der Waals surface area contributed by atoms with Gasteiger partial charge in [0.2, 0.25) is 11.8 Å². The van der Waals surface area contributed by atoms with Gasteiger partial charge in [0.25, 0.3) is 0 Å². The Kier molecular flexibility index (Phi) is 5.91. The molecule has 0 radical (unpaired) electrons. The predicted molar refractivity (Wildman–Crippen MR) is 108 cm³/mol. The molecule has 27 heavy (non-hydrogen) atoms. The fourth-order valence-corrected chi connectivity index (χ4v) is 3.54. The van der Waals surface area contributed by atoms with Crippen LogP contribution in [0, 0.1) is 0 Å². The third-order valence-electron chi connectivity index (χ3n) is 5.18. The number of hydrogen-bond acceptors (Lipinski definition) is 3. The van der Waals surface area contributed by atoms with Gasteiger partial charge in [-0.1, -0.05) is 49.4 Å². The number of benzene rings is 2. The fraction of sp³-hybridized carbons (Fsp3) is 0.364. The minimum atomic E-state index is -0.444. The van der Waals surface area contributed by atoms with Crippen LogP contribution in [-0.2, 0) is 16.0 Å². The Labute approximate surface area is 160 Å². The molecule has 2 N–H and O–H groups in total. The summed E-state index contributed by atoms with van der Waals surface area (Å²) in [6.45, 7) is 2.63. The number of para-hydroxylation sites is 1. The van der Waals surface area contributed by atoms with Crippen LogP contribution in [0.2, 0.25) is 0 Å². The zero-order valence-electron chi connectivity index (χ0n) is 16.2. The number of rotatable bonds is 6. The van der Waals surface area contributed by atoms with Crippen LogP contribution in [0.1, 0.15) is 42.0 Å². The number of likely N-dealkylation sites (N-methyl/N-ethyl adjacent to an activating group) is 1. The van der Waals surface area contributed by atoms with Gasteiger partial charge in [0.15, 0.2) is 0 Å². The molecule has 0 bridgehead atoms. The largest absolute Gasteiger partial charge is 0.354 e. The number of carbonyl (C=O) groups excluding carboxylic acids is 2. The van der Waals surface area contributed by atoms with E-state index in [1.807, 2.05) is 38.4 Å². The molecule has 2 atom stereocenters. The van der Waals surface area contributed by atoms with Gasteiger partial charge >= 0.3 is 0 Å². The molecule has 2 amide bonds. The molecule has 1 aliphatic rings. The van der Waals surface area contributed by atoms with Gasteiger partial charge in [0.1, 0.15) is 0 Å². The monoisotopic (exact) mass is 365 g/mol. The van der Waals surface area contributed by atoms with Crippen molar-refractivity contribution >= 4 is 17.5 Å². The molecule has 0 saturated carbocycles. The van der Waals surface area contributed by atoms with Gasteiger partial charge in [-0.2, -0.15) is 0 Å². The Balaban J connectivity index is 1.72. The van der Waals surface area contributed by atoms with Crippen LogP contribution < -0.4 is 10.6 Å². The molecule has 0 fully saturated rings. The van der Waals surface area contributed by atoms with Crippen molar-refractivity contribution in [2.45, 2.75) is 31.7 Å². The number of nitrogens with zero attached hydrogens (tertiary/aromatic N) is 1. The van der Waals surface area contributed by atoms with Crippen LogP contribution in [-0.4, -0.2) is 37.4 Å². The van der Waals surface area contributed by atoms with Gasteiger partial charge in [-0.25, -0.2) is 0 Å². The Morgan fingerprint density at radius 2 is 1.89 bits per heavy atom. The topological polar surface area (TPSA) is 61.4 Å². The predicted octanol–water partition coefficient (Wildman–Crippen LogP) is 3.09. The molecule has 2 aromatic rings. The second-order valence-electron chi connectivity index (χ2n) is 7.21. The van der Waals surface area contributed by atoms with E-state index in [-0.39, 0.29) is 24.3 Å². The van der Waals surface area contributed by atoms with Gasteiger partial charge in [0, 0.05) is 18.7 Å². The molecule has 0 saturated heterocycles. The lowest BCUT2D eigenvalue weighted by molar-refractivity contribution is -0.126. The van der Waals surface area contributed by atoms with Crippen molar-refractivity contribution in [1.29, 1.82) is 0 Å². The fourth-order valence-electron chi connectivity index (χ4n) is 3.54. The van der Waals surface area contributed by atoms with E-state index in [2.05, 4.69) is 46.7 Å². The minimum absolute atomic E-state index is 0.0764. The third kappa shape index (κ3) is 4.37. The summed E-state index contributed by atoms with van der Waals surface area (Å²) in [6.07, 6.45) is 1.19. The maximum absolute atomic E-state index is 12.9. The van der Waals surface area contributed by atoms with Crippen LogP contribution in [0.3, 0.4) is 0 Å². The highest BCUT2D eigenvalue weighted by molar-refractivity contribution is 6.01. The lowest BCUT2D eigenvalue weighted by atomic mass is 9.89. The first-order valence-corrected chi connectivity index (χ1v) is 9.41. The van der Waals surface area contributed by atoms with Crippen molar-refractivity contribution in [3.8, 4) is 0 Å². The van der Waals surface area contributed by atoms with E-state index in [1.54, 1.807) is 0 Å². The first kappa shape index (κ1) is 19.1. The Morgan fingerprint density at radius 3 is 2.56 bits per heavy atom. The Morgan fingerprint density at radius 1 is 1.19 bits per heavy atom. The van der Waals surface area contributed by atoms with Crippen LogP contribution in [0.15, 0.2) is 48.5 Å². The van der Waals surface area contributed by atoms with Crippen molar-refractivity contribution < 1.29 is 9.59 Å². The maximum Gasteiger partial charge on any atom is 0.228 e. The van der Waals surface area contributed by atoms with Crippen LogP contribution >= 0.6 is 0 Å². The second-order valence-corrected chi connectivity index (χ2v) is 7.21. The molecule has 2 aromatic carbocycles. The summed E-state index contributed by atoms with van der Waals surface area (Å²) in [6, 6.07) is 16.1. The number of anilines is 1. The molecule has 5 heteroatoms. The summed E-state index contributed by atoms with van der Waals surface area (Å²) < 4.78 is 0. The SMILES string of the molecule is CCc1ccc(C(CNC(=O)C2CC(=O)Nc3ccccc32)N(C)C)cc1. The van der Waals surface area contributed by atoms with E-state index in [9.17, 15) is 9.59 Å². The lowest BCUT2D eigenvalue weighted by Crippen LogP contribution is -2.39. The normalized spacial score (nSPS) is 17.2. The number of fused-ring (bicyclic) bond motifs is 1. The zero-order chi connectivity index (χ0) is 19.4. The van der Waals surface area contributed by atoms with E-state index >= 15 is 0 Å². The number of carbonyl (C=O) groups is 2. The van der Waals surface area contributed by atoms with Crippen LogP contribution in [0.4, 0.5) is 5.69 Å². The number of nitrogens with one attached hydrogen (secondary N) is 2. The molecule has 3 rings (SSSR count). The molecule has 2 unspecified atom stereocenters. The van der Waals surface area contributed by atoms with E-state index in [1.165, 1.54) is 11.1 Å². The van der Waals surface area contributed by atoms with Crippen molar-refractivity contribution in [2.75, 3.05) is 26.0 Å². The summed E-state index contributed by atoms with van der Waals surface area (Å²) in [5, 5.41) is 5.90. The van der Waals surface area contributed by atoms with Crippen LogP contribution in [0.5, 0.6) is 0 Å². The first-order valence-electron chi connectivity index (χ1n) is 9.41. The van der Waals surface area contributed by atoms with Crippen LogP contribution in [0.25, 0.3) is 0 Å². The lowest BCUT2D eigenvalue weighted by Gasteiger charge is -2.28. The summed E-state index contributed by atoms with van der Waals surface area (Å²) in [4.78, 5) is 26.9. The first-order chi connectivity index (χ1) is 13.0. The average Bonchev–Trinajstić information content (AvgIpc) is 2.67. The van der Waals surface area contributed by atoms with Crippen molar-refractivity contribution in [2.24, 2.45) is 0 Å². The number of aryl methyl sites for hydroxylation is 1. The minimum Gasteiger partial charge on any atom is -0.354 e. The van der Waals surface area contributed by atoms with Gasteiger partial charge in [-0.15, -0.1) is 0 Å². The smallest absolute Gasteiger partial charge is 0.228 e.